The Kier molecular flexibility index (Phi) is 1.25. The van der Waals surface area contributed by atoms with Crippen molar-refractivity contribution in [1.29, 1.82) is 0 Å². The molecule has 0 aromatic rings. The Labute approximate surface area is 44.8 Å². The molecule has 0 aliphatic carbocycles. The van der Waals surface area contributed by atoms with Crippen molar-refractivity contribution in [1.82, 2.24) is 0 Å². The van der Waals surface area contributed by atoms with E-state index < -0.39 is 11.1 Å². The molecule has 0 radical (unpaired) electrons. The van der Waals surface area contributed by atoms with Crippen LogP contribution in [0.3, 0.4) is 0 Å². The highest BCUT2D eigenvalue weighted by Crippen LogP contribution is 2.08. The summed E-state index contributed by atoms with van der Waals surface area (Å²) in [5.41, 5.74) is 0. The van der Waals surface area contributed by atoms with Crippen molar-refractivity contribution in [2.45, 2.75) is 6.92 Å². The van der Waals surface area contributed by atoms with E-state index in [1.807, 2.05) is 6.08 Å². The van der Waals surface area contributed by atoms with E-state index in [2.05, 4.69) is 4.18 Å². The van der Waals surface area contributed by atoms with Crippen LogP contribution in [0.15, 0.2) is 11.0 Å². The third kappa shape index (κ3) is 0.894. The summed E-state index contributed by atoms with van der Waals surface area (Å²) in [6, 6.07) is 0. The van der Waals surface area contributed by atoms with Crippen molar-refractivity contribution in [3.05, 3.63) is 11.0 Å². The molecule has 0 aromatic carbocycles. The fraction of sp³-hybridized carbons (Fsp3) is 0.500. The molecule has 1 heterocycles. The smallest absolute Gasteiger partial charge is 0.184 e. The second-order valence-corrected chi connectivity index (χ2v) is 2.68. The first-order valence-electron chi connectivity index (χ1n) is 2.02. The Morgan fingerprint density at radius 3 is 2.86 bits per heavy atom. The van der Waals surface area contributed by atoms with E-state index in [4.69, 9.17) is 0 Å². The lowest BCUT2D eigenvalue weighted by molar-refractivity contribution is 0.410. The first kappa shape index (κ1) is 5.00. The van der Waals surface area contributed by atoms with Gasteiger partial charge in [0, 0.05) is 4.91 Å². The van der Waals surface area contributed by atoms with Gasteiger partial charge >= 0.3 is 0 Å². The molecule has 0 fully saturated rings. The van der Waals surface area contributed by atoms with Gasteiger partial charge in [0.1, 0.15) is 0 Å². The number of allylic oxidation sites excluding steroid dienone is 1. The van der Waals surface area contributed by atoms with Gasteiger partial charge in [-0.3, -0.25) is 4.18 Å². The van der Waals surface area contributed by atoms with Gasteiger partial charge in [0.05, 0.1) is 6.61 Å². The lowest BCUT2D eigenvalue weighted by Gasteiger charge is -1.84. The molecular formula is C4H6O2S. The molecule has 7 heavy (non-hydrogen) atoms. The van der Waals surface area contributed by atoms with Crippen LogP contribution in [-0.2, 0) is 15.3 Å². The van der Waals surface area contributed by atoms with E-state index in [1.54, 1.807) is 6.92 Å². The number of rotatable bonds is 0. The van der Waals surface area contributed by atoms with Gasteiger partial charge in [-0.15, -0.1) is 0 Å². The Morgan fingerprint density at radius 2 is 2.71 bits per heavy atom. The molecule has 0 aromatic heterocycles. The molecule has 40 valence electrons. The molecule has 1 rings (SSSR count). The summed E-state index contributed by atoms with van der Waals surface area (Å²) in [5, 5.41) is 0. The average Bonchev–Trinajstić information content (AvgIpc) is 1.91. The minimum Gasteiger partial charge on any atom is -0.283 e. The zero-order chi connectivity index (χ0) is 5.28. The summed E-state index contributed by atoms with van der Waals surface area (Å²) in [5.74, 6) is 0. The van der Waals surface area contributed by atoms with E-state index in [0.29, 0.717) is 6.61 Å². The Balaban J connectivity index is 2.72. The summed E-state index contributed by atoms with van der Waals surface area (Å²) < 4.78 is 15.0. The van der Waals surface area contributed by atoms with Gasteiger partial charge in [-0.05, 0) is 13.0 Å². The largest absolute Gasteiger partial charge is 0.283 e. The Morgan fingerprint density at radius 1 is 2.00 bits per heavy atom. The van der Waals surface area contributed by atoms with E-state index in [0.717, 1.165) is 4.91 Å². The molecule has 1 atom stereocenters. The minimum atomic E-state index is -1.11. The molecular weight excluding hydrogens is 112 g/mol. The molecule has 1 unspecified atom stereocenters. The fourth-order valence-corrected chi connectivity index (χ4v) is 0.956. The molecule has 0 bridgehead atoms. The van der Waals surface area contributed by atoms with Crippen LogP contribution in [0.25, 0.3) is 0 Å². The second kappa shape index (κ2) is 1.76. The number of hydrogen-bond acceptors (Lipinski definition) is 2. The maximum absolute atomic E-state index is 10.4. The molecule has 1 aliphatic rings. The molecule has 3 heteroatoms. The molecule has 0 spiro atoms. The van der Waals surface area contributed by atoms with Crippen LogP contribution in [-0.4, -0.2) is 10.8 Å². The molecule has 0 N–H and O–H groups in total. The summed E-state index contributed by atoms with van der Waals surface area (Å²) >= 11 is -1.11. The van der Waals surface area contributed by atoms with Crippen LogP contribution in [0, 0.1) is 0 Å². The topological polar surface area (TPSA) is 26.3 Å². The van der Waals surface area contributed by atoms with Gasteiger partial charge in [-0.2, -0.15) is 0 Å². The van der Waals surface area contributed by atoms with Gasteiger partial charge in [-0.1, -0.05) is 0 Å². The standard InChI is InChI=1S/C4H6O2S/c1-4-2-3-6-7(4)5/h2H,3H2,1H3. The SMILES string of the molecule is CC1=CCOS1=O. The summed E-state index contributed by atoms with van der Waals surface area (Å²) in [7, 11) is 0. The van der Waals surface area contributed by atoms with Crippen molar-refractivity contribution >= 4 is 11.1 Å². The third-order valence-corrected chi connectivity index (χ3v) is 1.85. The van der Waals surface area contributed by atoms with E-state index in [9.17, 15) is 4.21 Å². The first-order chi connectivity index (χ1) is 3.30. The van der Waals surface area contributed by atoms with Crippen molar-refractivity contribution in [2.75, 3.05) is 6.61 Å². The van der Waals surface area contributed by atoms with Crippen LogP contribution in [0.2, 0.25) is 0 Å². The van der Waals surface area contributed by atoms with E-state index in [-0.39, 0.29) is 0 Å². The van der Waals surface area contributed by atoms with Crippen molar-refractivity contribution in [2.24, 2.45) is 0 Å². The molecule has 2 nitrogen and oxygen atoms in total. The van der Waals surface area contributed by atoms with Crippen molar-refractivity contribution in [3.8, 4) is 0 Å². The normalized spacial score (nSPS) is 30.4. The van der Waals surface area contributed by atoms with Gasteiger partial charge in [-0.25, -0.2) is 4.21 Å². The lowest BCUT2D eigenvalue weighted by Crippen LogP contribution is -1.85. The van der Waals surface area contributed by atoms with Crippen LogP contribution in [0.1, 0.15) is 6.92 Å². The highest BCUT2D eigenvalue weighted by molar-refractivity contribution is 7.84. The van der Waals surface area contributed by atoms with Crippen LogP contribution < -0.4 is 0 Å². The van der Waals surface area contributed by atoms with E-state index >= 15 is 0 Å². The summed E-state index contributed by atoms with van der Waals surface area (Å²) in [4.78, 5) is 0.833. The molecule has 1 aliphatic heterocycles. The number of hydrogen-bond donors (Lipinski definition) is 0. The van der Waals surface area contributed by atoms with Crippen molar-refractivity contribution in [3.63, 3.8) is 0 Å². The van der Waals surface area contributed by atoms with Gasteiger partial charge in [0.2, 0.25) is 0 Å². The summed E-state index contributed by atoms with van der Waals surface area (Å²) in [6.07, 6.45) is 1.82. The molecule has 0 amide bonds. The monoisotopic (exact) mass is 118 g/mol. The zero-order valence-corrected chi connectivity index (χ0v) is 4.83. The van der Waals surface area contributed by atoms with Crippen LogP contribution >= 0.6 is 0 Å². The van der Waals surface area contributed by atoms with Crippen LogP contribution in [0.4, 0.5) is 0 Å². The molecule has 0 saturated carbocycles. The summed E-state index contributed by atoms with van der Waals surface area (Å²) in [6.45, 7) is 2.31. The quantitative estimate of drug-likeness (QED) is 0.465. The van der Waals surface area contributed by atoms with Gasteiger partial charge in [0.25, 0.3) is 0 Å². The Hall–Kier alpha value is -0.150. The predicted molar refractivity (Wildman–Crippen MR) is 27.9 cm³/mol. The maximum atomic E-state index is 10.4. The van der Waals surface area contributed by atoms with Crippen molar-refractivity contribution < 1.29 is 8.39 Å². The highest BCUT2D eigenvalue weighted by Gasteiger charge is 2.07. The second-order valence-electron chi connectivity index (χ2n) is 1.33. The lowest BCUT2D eigenvalue weighted by atomic mass is 10.6. The van der Waals surface area contributed by atoms with E-state index in [1.165, 1.54) is 0 Å². The highest BCUT2D eigenvalue weighted by atomic mass is 32.2. The van der Waals surface area contributed by atoms with Gasteiger partial charge < -0.3 is 0 Å². The Bertz CT molecular complexity index is 128. The minimum absolute atomic E-state index is 0.512. The predicted octanol–water partition coefficient (Wildman–Crippen LogP) is 0.584. The molecule has 0 saturated heterocycles. The average molecular weight is 118 g/mol. The first-order valence-corrected chi connectivity index (χ1v) is 3.10. The fourth-order valence-electron chi connectivity index (χ4n) is 0.374. The van der Waals surface area contributed by atoms with Crippen LogP contribution in [0.5, 0.6) is 0 Å². The maximum Gasteiger partial charge on any atom is 0.184 e. The van der Waals surface area contributed by atoms with Gasteiger partial charge in [0.15, 0.2) is 11.1 Å². The zero-order valence-electron chi connectivity index (χ0n) is 4.01. The third-order valence-electron chi connectivity index (χ3n) is 0.809.